The Labute approximate surface area is 118 Å². The first kappa shape index (κ1) is 14.3. The summed E-state index contributed by atoms with van der Waals surface area (Å²) in [5, 5.41) is 2.88. The van der Waals surface area contributed by atoms with Crippen LogP contribution in [0.1, 0.15) is 33.5 Å². The number of methoxy groups -OCH3 is 1. The molecule has 20 heavy (non-hydrogen) atoms. The molecule has 0 saturated carbocycles. The van der Waals surface area contributed by atoms with Gasteiger partial charge < -0.3 is 14.5 Å². The molecule has 0 fully saturated rings. The molecule has 2 rings (SSSR count). The molecule has 1 aromatic carbocycles. The van der Waals surface area contributed by atoms with Gasteiger partial charge in [-0.2, -0.15) is 0 Å². The SMILES string of the molecule is COC(CNC(=O)c1cc(C)oc1C)c1ccccc1. The van der Waals surface area contributed by atoms with Crippen LogP contribution in [0.2, 0.25) is 0 Å². The van der Waals surface area contributed by atoms with Gasteiger partial charge in [0.2, 0.25) is 0 Å². The molecular formula is C16H19NO3. The zero-order chi connectivity index (χ0) is 14.5. The van der Waals surface area contributed by atoms with Crippen LogP contribution in [0.5, 0.6) is 0 Å². The molecule has 0 aliphatic rings. The Hall–Kier alpha value is -2.07. The Morgan fingerprint density at radius 1 is 1.30 bits per heavy atom. The van der Waals surface area contributed by atoms with Crippen molar-refractivity contribution in [2.45, 2.75) is 20.0 Å². The maximum Gasteiger partial charge on any atom is 0.254 e. The molecule has 0 spiro atoms. The fourth-order valence-electron chi connectivity index (χ4n) is 2.14. The third kappa shape index (κ3) is 3.27. The van der Waals surface area contributed by atoms with Gasteiger partial charge >= 0.3 is 0 Å². The van der Waals surface area contributed by atoms with Crippen molar-refractivity contribution in [1.82, 2.24) is 5.32 Å². The zero-order valence-electron chi connectivity index (χ0n) is 12.0. The van der Waals surface area contributed by atoms with Crippen LogP contribution in [0.4, 0.5) is 0 Å². The number of hydrogen-bond donors (Lipinski definition) is 1. The van der Waals surface area contributed by atoms with Gasteiger partial charge in [-0.15, -0.1) is 0 Å². The van der Waals surface area contributed by atoms with Crippen LogP contribution in [-0.2, 0) is 4.74 Å². The number of carbonyl (C=O) groups is 1. The second kappa shape index (κ2) is 6.39. The number of ether oxygens (including phenoxy) is 1. The maximum atomic E-state index is 12.1. The summed E-state index contributed by atoms with van der Waals surface area (Å²) in [6, 6.07) is 11.6. The Balaban J connectivity index is 2.00. The zero-order valence-corrected chi connectivity index (χ0v) is 12.0. The van der Waals surface area contributed by atoms with Crippen LogP contribution >= 0.6 is 0 Å². The van der Waals surface area contributed by atoms with Crippen LogP contribution in [-0.4, -0.2) is 19.6 Å². The summed E-state index contributed by atoms with van der Waals surface area (Å²) in [6.07, 6.45) is -0.159. The predicted molar refractivity (Wildman–Crippen MR) is 76.7 cm³/mol. The third-order valence-electron chi connectivity index (χ3n) is 3.19. The van der Waals surface area contributed by atoms with E-state index in [-0.39, 0.29) is 12.0 Å². The molecule has 0 saturated heterocycles. The van der Waals surface area contributed by atoms with Crippen molar-refractivity contribution < 1.29 is 13.9 Å². The summed E-state index contributed by atoms with van der Waals surface area (Å²) in [7, 11) is 1.64. The van der Waals surface area contributed by atoms with Crippen LogP contribution < -0.4 is 5.32 Å². The predicted octanol–water partition coefficient (Wildman–Crippen LogP) is 3.01. The molecule has 4 heteroatoms. The van der Waals surface area contributed by atoms with E-state index in [4.69, 9.17) is 9.15 Å². The number of aryl methyl sites for hydroxylation is 2. The van der Waals surface area contributed by atoms with Crippen molar-refractivity contribution in [3.05, 3.63) is 59.0 Å². The first-order chi connectivity index (χ1) is 9.61. The van der Waals surface area contributed by atoms with Crippen LogP contribution in [0.15, 0.2) is 40.8 Å². The van der Waals surface area contributed by atoms with E-state index in [1.165, 1.54) is 0 Å². The molecule has 1 atom stereocenters. The molecule has 0 aliphatic carbocycles. The van der Waals surface area contributed by atoms with Gasteiger partial charge in [0.1, 0.15) is 11.5 Å². The van der Waals surface area contributed by atoms with E-state index in [9.17, 15) is 4.79 Å². The maximum absolute atomic E-state index is 12.1. The summed E-state index contributed by atoms with van der Waals surface area (Å²) >= 11 is 0. The fraction of sp³-hybridized carbons (Fsp3) is 0.312. The lowest BCUT2D eigenvalue weighted by Crippen LogP contribution is -2.29. The summed E-state index contributed by atoms with van der Waals surface area (Å²) in [6.45, 7) is 4.03. The van der Waals surface area contributed by atoms with Gasteiger partial charge in [-0.3, -0.25) is 4.79 Å². The standard InChI is InChI=1S/C16H19NO3/c1-11-9-14(12(2)20-11)16(18)17-10-15(19-3)13-7-5-4-6-8-13/h4-9,15H,10H2,1-3H3,(H,17,18). The number of rotatable bonds is 5. The fourth-order valence-corrected chi connectivity index (χ4v) is 2.14. The second-order valence-corrected chi connectivity index (χ2v) is 4.67. The normalized spacial score (nSPS) is 12.2. The smallest absolute Gasteiger partial charge is 0.254 e. The molecule has 1 aromatic heterocycles. The van der Waals surface area contributed by atoms with E-state index in [0.717, 1.165) is 11.3 Å². The van der Waals surface area contributed by atoms with Crippen LogP contribution in [0, 0.1) is 13.8 Å². The molecule has 0 bridgehead atoms. The molecule has 1 N–H and O–H groups in total. The Morgan fingerprint density at radius 2 is 2.00 bits per heavy atom. The summed E-state index contributed by atoms with van der Waals surface area (Å²) in [4.78, 5) is 12.1. The average molecular weight is 273 g/mol. The highest BCUT2D eigenvalue weighted by Crippen LogP contribution is 2.16. The first-order valence-electron chi connectivity index (χ1n) is 6.54. The van der Waals surface area contributed by atoms with E-state index in [1.807, 2.05) is 37.3 Å². The lowest BCUT2D eigenvalue weighted by Gasteiger charge is -2.16. The summed E-state index contributed by atoms with van der Waals surface area (Å²) in [5.41, 5.74) is 1.61. The van der Waals surface area contributed by atoms with Gasteiger partial charge in [0.05, 0.1) is 11.7 Å². The number of hydrogen-bond acceptors (Lipinski definition) is 3. The number of nitrogens with one attached hydrogen (secondary N) is 1. The minimum atomic E-state index is -0.159. The molecule has 1 unspecified atom stereocenters. The third-order valence-corrected chi connectivity index (χ3v) is 3.19. The quantitative estimate of drug-likeness (QED) is 0.911. The molecule has 1 heterocycles. The summed E-state index contributed by atoms with van der Waals surface area (Å²) in [5.74, 6) is 1.23. The number of benzene rings is 1. The molecule has 4 nitrogen and oxygen atoms in total. The highest BCUT2D eigenvalue weighted by molar-refractivity contribution is 5.95. The molecule has 0 aliphatic heterocycles. The highest BCUT2D eigenvalue weighted by atomic mass is 16.5. The highest BCUT2D eigenvalue weighted by Gasteiger charge is 2.16. The Kier molecular flexibility index (Phi) is 4.58. The lowest BCUT2D eigenvalue weighted by atomic mass is 10.1. The number of furan rings is 1. The lowest BCUT2D eigenvalue weighted by molar-refractivity contribution is 0.0827. The van der Waals surface area contributed by atoms with Gasteiger partial charge in [0, 0.05) is 13.7 Å². The average Bonchev–Trinajstić information content (AvgIpc) is 2.79. The van der Waals surface area contributed by atoms with E-state index < -0.39 is 0 Å². The Bertz CT molecular complexity index is 575. The summed E-state index contributed by atoms with van der Waals surface area (Å²) < 4.78 is 10.8. The monoisotopic (exact) mass is 273 g/mol. The minimum Gasteiger partial charge on any atom is -0.466 e. The largest absolute Gasteiger partial charge is 0.466 e. The Morgan fingerprint density at radius 3 is 2.55 bits per heavy atom. The van der Waals surface area contributed by atoms with Crippen molar-refractivity contribution in [2.75, 3.05) is 13.7 Å². The van der Waals surface area contributed by atoms with E-state index in [0.29, 0.717) is 17.9 Å². The minimum absolute atomic E-state index is 0.141. The molecule has 2 aromatic rings. The molecule has 0 radical (unpaired) electrons. The number of carbonyl (C=O) groups excluding carboxylic acids is 1. The van der Waals surface area contributed by atoms with Gasteiger partial charge in [-0.05, 0) is 25.5 Å². The van der Waals surface area contributed by atoms with Gasteiger partial charge in [0.25, 0.3) is 5.91 Å². The van der Waals surface area contributed by atoms with Crippen molar-refractivity contribution in [3.63, 3.8) is 0 Å². The van der Waals surface area contributed by atoms with Crippen LogP contribution in [0.25, 0.3) is 0 Å². The van der Waals surface area contributed by atoms with Gasteiger partial charge in [-0.1, -0.05) is 30.3 Å². The van der Waals surface area contributed by atoms with Crippen molar-refractivity contribution in [2.24, 2.45) is 0 Å². The van der Waals surface area contributed by atoms with Crippen molar-refractivity contribution in [1.29, 1.82) is 0 Å². The first-order valence-corrected chi connectivity index (χ1v) is 6.54. The van der Waals surface area contributed by atoms with Crippen molar-refractivity contribution >= 4 is 5.91 Å². The van der Waals surface area contributed by atoms with Crippen LogP contribution in [0.3, 0.4) is 0 Å². The molecule has 106 valence electrons. The number of amides is 1. The van der Waals surface area contributed by atoms with E-state index in [2.05, 4.69) is 5.32 Å². The van der Waals surface area contributed by atoms with E-state index >= 15 is 0 Å². The topological polar surface area (TPSA) is 51.5 Å². The second-order valence-electron chi connectivity index (χ2n) is 4.67. The van der Waals surface area contributed by atoms with Crippen molar-refractivity contribution in [3.8, 4) is 0 Å². The molecule has 1 amide bonds. The molecular weight excluding hydrogens is 254 g/mol. The van der Waals surface area contributed by atoms with Gasteiger partial charge in [-0.25, -0.2) is 0 Å². The van der Waals surface area contributed by atoms with Gasteiger partial charge in [0.15, 0.2) is 0 Å². The van der Waals surface area contributed by atoms with E-state index in [1.54, 1.807) is 20.1 Å².